The smallest absolute Gasteiger partial charge is 0.343 e. The second kappa shape index (κ2) is 9.47. The van der Waals surface area contributed by atoms with Crippen molar-refractivity contribution in [2.45, 2.75) is 13.8 Å². The minimum atomic E-state index is -0.478. The number of hydrogen-bond donors (Lipinski definition) is 1. The highest BCUT2D eigenvalue weighted by atomic mass is 16.6. The first kappa shape index (κ1) is 20.7. The number of benzene rings is 2. The Kier molecular flexibility index (Phi) is 6.54. The lowest BCUT2D eigenvalue weighted by Gasteiger charge is -2.10. The van der Waals surface area contributed by atoms with Crippen LogP contribution in [0.15, 0.2) is 65.9 Å². The summed E-state index contributed by atoms with van der Waals surface area (Å²) in [5.74, 6) is -0.188. The van der Waals surface area contributed by atoms with E-state index in [0.717, 1.165) is 11.3 Å². The van der Waals surface area contributed by atoms with Crippen LogP contribution >= 0.6 is 0 Å². The van der Waals surface area contributed by atoms with Crippen molar-refractivity contribution in [3.63, 3.8) is 0 Å². The van der Waals surface area contributed by atoms with Gasteiger partial charge in [0, 0.05) is 11.9 Å². The zero-order chi connectivity index (χ0) is 21.5. The number of hydrazone groups is 1. The minimum Gasteiger partial charge on any atom is -0.493 e. The highest BCUT2D eigenvalue weighted by Gasteiger charge is 2.13. The molecule has 0 aliphatic rings. The van der Waals surface area contributed by atoms with Crippen LogP contribution in [-0.4, -0.2) is 30.2 Å². The molecule has 0 atom stereocenters. The summed E-state index contributed by atoms with van der Waals surface area (Å²) in [5.41, 5.74) is 5.83. The van der Waals surface area contributed by atoms with Crippen LogP contribution in [-0.2, 0) is 0 Å². The molecule has 3 rings (SSSR count). The maximum absolute atomic E-state index is 12.3. The largest absolute Gasteiger partial charge is 0.493 e. The first-order chi connectivity index (χ1) is 14.5. The molecule has 7 heteroatoms. The number of methoxy groups -OCH3 is 1. The summed E-state index contributed by atoms with van der Waals surface area (Å²) in [6.07, 6.45) is 2.95. The van der Waals surface area contributed by atoms with Crippen molar-refractivity contribution in [3.8, 4) is 11.5 Å². The van der Waals surface area contributed by atoms with Gasteiger partial charge >= 0.3 is 5.97 Å². The van der Waals surface area contributed by atoms with Crippen molar-refractivity contribution >= 4 is 18.1 Å². The Balaban J connectivity index is 1.66. The van der Waals surface area contributed by atoms with Gasteiger partial charge in [0.25, 0.3) is 5.91 Å². The lowest BCUT2D eigenvalue weighted by Crippen LogP contribution is -2.17. The molecule has 0 spiro atoms. The molecule has 152 valence electrons. The summed E-state index contributed by atoms with van der Waals surface area (Å²) in [4.78, 5) is 28.5. The zero-order valence-corrected chi connectivity index (χ0v) is 16.9. The van der Waals surface area contributed by atoms with Crippen molar-refractivity contribution < 1.29 is 19.1 Å². The third kappa shape index (κ3) is 5.29. The van der Waals surface area contributed by atoms with E-state index in [9.17, 15) is 9.59 Å². The van der Waals surface area contributed by atoms with Gasteiger partial charge < -0.3 is 9.47 Å². The highest BCUT2D eigenvalue weighted by Crippen LogP contribution is 2.28. The maximum atomic E-state index is 12.3. The van der Waals surface area contributed by atoms with Crippen molar-refractivity contribution in [2.24, 2.45) is 5.10 Å². The monoisotopic (exact) mass is 403 g/mol. The lowest BCUT2D eigenvalue weighted by molar-refractivity contribution is 0.0729. The fourth-order valence-corrected chi connectivity index (χ4v) is 2.53. The molecule has 0 aliphatic carbocycles. The van der Waals surface area contributed by atoms with Gasteiger partial charge in [0.1, 0.15) is 0 Å². The molecule has 0 unspecified atom stereocenters. The van der Waals surface area contributed by atoms with Gasteiger partial charge in [-0.25, -0.2) is 10.2 Å². The van der Waals surface area contributed by atoms with Crippen LogP contribution in [0.2, 0.25) is 0 Å². The van der Waals surface area contributed by atoms with Gasteiger partial charge in [0.05, 0.1) is 24.5 Å². The number of pyridine rings is 1. The first-order valence-electron chi connectivity index (χ1n) is 9.19. The summed E-state index contributed by atoms with van der Waals surface area (Å²) in [7, 11) is 1.48. The van der Waals surface area contributed by atoms with Crippen molar-refractivity contribution in [1.29, 1.82) is 0 Å². The Morgan fingerprint density at radius 3 is 2.37 bits per heavy atom. The lowest BCUT2D eigenvalue weighted by atomic mass is 10.1. The number of carbonyl (C=O) groups excluding carboxylic acids is 2. The first-order valence-corrected chi connectivity index (χ1v) is 9.19. The fraction of sp³-hybridized carbons (Fsp3) is 0.130. The molecule has 1 amide bonds. The number of carbonyl (C=O) groups is 2. The number of aromatic nitrogens is 1. The molecule has 0 saturated heterocycles. The number of esters is 1. The second-order valence-electron chi connectivity index (χ2n) is 6.55. The normalized spacial score (nSPS) is 10.6. The molecule has 1 N–H and O–H groups in total. The van der Waals surface area contributed by atoms with Gasteiger partial charge in [-0.05, 0) is 61.9 Å². The molecule has 0 saturated carbocycles. The zero-order valence-electron chi connectivity index (χ0n) is 16.9. The molecule has 2 aromatic carbocycles. The van der Waals surface area contributed by atoms with E-state index in [1.54, 1.807) is 42.5 Å². The third-order valence-corrected chi connectivity index (χ3v) is 4.23. The predicted molar refractivity (Wildman–Crippen MR) is 113 cm³/mol. The predicted octanol–water partition coefficient (Wildman–Crippen LogP) is 3.69. The van der Waals surface area contributed by atoms with Crippen molar-refractivity contribution in [2.75, 3.05) is 7.11 Å². The molecule has 0 aliphatic heterocycles. The van der Waals surface area contributed by atoms with E-state index in [1.807, 2.05) is 26.0 Å². The molecule has 30 heavy (non-hydrogen) atoms. The molecule has 1 heterocycles. The number of ether oxygens (including phenoxy) is 2. The molecule has 0 fully saturated rings. The van der Waals surface area contributed by atoms with Crippen LogP contribution in [0.1, 0.15) is 37.5 Å². The average molecular weight is 403 g/mol. The van der Waals surface area contributed by atoms with E-state index in [-0.39, 0.29) is 11.7 Å². The summed E-state index contributed by atoms with van der Waals surface area (Å²) in [6, 6.07) is 15.5. The van der Waals surface area contributed by atoms with Crippen LogP contribution in [0.3, 0.4) is 0 Å². The van der Waals surface area contributed by atoms with E-state index >= 15 is 0 Å². The quantitative estimate of drug-likeness (QED) is 0.293. The molecule has 3 aromatic rings. The van der Waals surface area contributed by atoms with Crippen LogP contribution in [0.25, 0.3) is 0 Å². The van der Waals surface area contributed by atoms with Gasteiger partial charge in [-0.1, -0.05) is 17.7 Å². The molecule has 1 aromatic heterocycles. The topological polar surface area (TPSA) is 89.9 Å². The van der Waals surface area contributed by atoms with E-state index in [4.69, 9.17) is 9.47 Å². The van der Waals surface area contributed by atoms with Gasteiger partial charge in [0.15, 0.2) is 11.5 Å². The van der Waals surface area contributed by atoms with Gasteiger partial charge in [0.2, 0.25) is 0 Å². The minimum absolute atomic E-state index is 0.287. The van der Waals surface area contributed by atoms with E-state index in [2.05, 4.69) is 15.5 Å². The number of amides is 1. The summed E-state index contributed by atoms with van der Waals surface area (Å²) in [5, 5.41) is 3.95. The number of hydrogen-bond acceptors (Lipinski definition) is 6. The van der Waals surface area contributed by atoms with Gasteiger partial charge in [-0.3, -0.25) is 9.78 Å². The molecule has 0 bridgehead atoms. The number of nitrogens with zero attached hydrogens (tertiary/aromatic N) is 2. The number of aryl methyl sites for hydroxylation is 2. The van der Waals surface area contributed by atoms with Crippen LogP contribution in [0, 0.1) is 13.8 Å². The van der Waals surface area contributed by atoms with E-state index in [0.29, 0.717) is 22.4 Å². The Bertz CT molecular complexity index is 1070. The third-order valence-electron chi connectivity index (χ3n) is 4.23. The Hall–Kier alpha value is -4.00. The van der Waals surface area contributed by atoms with Crippen LogP contribution < -0.4 is 14.9 Å². The van der Waals surface area contributed by atoms with E-state index in [1.165, 1.54) is 19.5 Å². The second-order valence-corrected chi connectivity index (χ2v) is 6.55. The Labute approximate surface area is 174 Å². The molecule has 7 nitrogen and oxygen atoms in total. The van der Waals surface area contributed by atoms with Crippen LogP contribution in [0.5, 0.6) is 11.5 Å². The fourth-order valence-electron chi connectivity index (χ4n) is 2.53. The number of nitrogens with one attached hydrogen (secondary N) is 1. The molecule has 0 radical (unpaired) electrons. The van der Waals surface area contributed by atoms with Crippen LogP contribution in [0.4, 0.5) is 0 Å². The van der Waals surface area contributed by atoms with Crippen molar-refractivity contribution in [1.82, 2.24) is 10.4 Å². The maximum Gasteiger partial charge on any atom is 0.343 e. The number of rotatable bonds is 6. The summed E-state index contributed by atoms with van der Waals surface area (Å²) < 4.78 is 10.8. The standard InChI is InChI=1S/C23H21N3O4/c1-15-4-8-18(9-5-15)23(28)30-20-11-7-17(12-21(20)29-3)13-25-26-22(27)19-10-6-16(2)24-14-19/h4-14H,1-3H3,(H,26,27)/b25-13-. The highest BCUT2D eigenvalue weighted by molar-refractivity contribution is 5.94. The van der Waals surface area contributed by atoms with Crippen molar-refractivity contribution in [3.05, 3.63) is 88.7 Å². The molecular weight excluding hydrogens is 382 g/mol. The SMILES string of the molecule is COc1cc(/C=N\NC(=O)c2ccc(C)nc2)ccc1OC(=O)c1ccc(C)cc1. The average Bonchev–Trinajstić information content (AvgIpc) is 2.75. The summed E-state index contributed by atoms with van der Waals surface area (Å²) in [6.45, 7) is 3.79. The molecular formula is C23H21N3O4. The Morgan fingerprint density at radius 1 is 0.967 bits per heavy atom. The van der Waals surface area contributed by atoms with Gasteiger partial charge in [-0.15, -0.1) is 0 Å². The Morgan fingerprint density at radius 2 is 1.70 bits per heavy atom. The summed E-state index contributed by atoms with van der Waals surface area (Å²) >= 11 is 0. The van der Waals surface area contributed by atoms with Gasteiger partial charge in [-0.2, -0.15) is 5.10 Å². The van der Waals surface area contributed by atoms with E-state index < -0.39 is 5.97 Å².